The molecule has 1 atom stereocenters. The van der Waals surface area contributed by atoms with Gasteiger partial charge in [0.1, 0.15) is 0 Å². The normalized spacial score (nSPS) is 18.1. The highest BCUT2D eigenvalue weighted by Gasteiger charge is 2.20. The summed E-state index contributed by atoms with van der Waals surface area (Å²) in [6.07, 6.45) is 7.57. The molecule has 2 rings (SSSR count). The van der Waals surface area contributed by atoms with Crippen molar-refractivity contribution in [1.82, 2.24) is 5.32 Å². The molecule has 1 aromatic carbocycles. The average molecular weight is 252 g/mol. The predicted octanol–water partition coefficient (Wildman–Crippen LogP) is 2.47. The first-order valence-electron chi connectivity index (χ1n) is 4.66. The number of terminal acetylenes is 1. The molecule has 74 valence electrons. The highest BCUT2D eigenvalue weighted by molar-refractivity contribution is 8.93. The van der Waals surface area contributed by atoms with Crippen LogP contribution in [0.2, 0.25) is 0 Å². The minimum absolute atomic E-state index is 0. The topological polar surface area (TPSA) is 12.0 Å². The summed E-state index contributed by atoms with van der Waals surface area (Å²) in [5.41, 5.74) is 2.90. The molecule has 1 N–H and O–H groups in total. The van der Waals surface area contributed by atoms with Gasteiger partial charge in [-0.2, -0.15) is 0 Å². The molecule has 14 heavy (non-hydrogen) atoms. The first-order chi connectivity index (χ1) is 6.42. The molecular weight excluding hydrogens is 238 g/mol. The third-order valence-electron chi connectivity index (χ3n) is 2.58. The lowest BCUT2D eigenvalue weighted by Gasteiger charge is -2.10. The number of nitrogens with one attached hydrogen (secondary N) is 1. The summed E-state index contributed by atoms with van der Waals surface area (Å²) in [5.74, 6) is 2.61. The van der Waals surface area contributed by atoms with Crippen LogP contribution in [0.15, 0.2) is 24.3 Å². The zero-order chi connectivity index (χ0) is 9.10. The second kappa shape index (κ2) is 5.19. The minimum Gasteiger partial charge on any atom is -0.299 e. The van der Waals surface area contributed by atoms with Crippen LogP contribution in [0.4, 0.5) is 0 Å². The second-order valence-corrected chi connectivity index (χ2v) is 3.38. The molecule has 0 spiro atoms. The summed E-state index contributed by atoms with van der Waals surface area (Å²) in [6.45, 7) is 0.666. The number of hydrogen-bond donors (Lipinski definition) is 1. The molecule has 0 amide bonds. The molecule has 1 aliphatic carbocycles. The largest absolute Gasteiger partial charge is 0.299 e. The Morgan fingerprint density at radius 1 is 1.43 bits per heavy atom. The number of fused-ring (bicyclic) bond motifs is 1. The van der Waals surface area contributed by atoms with E-state index >= 15 is 0 Å². The minimum atomic E-state index is 0. The van der Waals surface area contributed by atoms with Gasteiger partial charge in [0, 0.05) is 6.04 Å². The maximum absolute atomic E-state index is 5.21. The molecule has 0 bridgehead atoms. The fourth-order valence-electron chi connectivity index (χ4n) is 1.95. The van der Waals surface area contributed by atoms with Crippen LogP contribution in [0.3, 0.4) is 0 Å². The van der Waals surface area contributed by atoms with E-state index in [-0.39, 0.29) is 17.0 Å². The van der Waals surface area contributed by atoms with Crippen molar-refractivity contribution < 1.29 is 0 Å². The van der Waals surface area contributed by atoms with E-state index in [2.05, 4.69) is 35.5 Å². The molecule has 0 aromatic heterocycles. The summed E-state index contributed by atoms with van der Waals surface area (Å²) in [7, 11) is 0. The fraction of sp³-hybridized carbons (Fsp3) is 0.333. The molecule has 1 nitrogen and oxygen atoms in total. The van der Waals surface area contributed by atoms with Gasteiger partial charge in [0.15, 0.2) is 0 Å². The molecule has 1 aromatic rings. The fourth-order valence-corrected chi connectivity index (χ4v) is 1.95. The number of rotatable bonds is 2. The van der Waals surface area contributed by atoms with Gasteiger partial charge in [-0.1, -0.05) is 30.2 Å². The quantitative estimate of drug-likeness (QED) is 0.797. The summed E-state index contributed by atoms with van der Waals surface area (Å²) in [5, 5.41) is 3.35. The van der Waals surface area contributed by atoms with Crippen LogP contribution in [-0.4, -0.2) is 6.54 Å². The van der Waals surface area contributed by atoms with E-state index in [9.17, 15) is 0 Å². The van der Waals surface area contributed by atoms with Crippen molar-refractivity contribution in [3.05, 3.63) is 35.4 Å². The van der Waals surface area contributed by atoms with E-state index in [1.54, 1.807) is 0 Å². The average Bonchev–Trinajstić information content (AvgIpc) is 2.58. The van der Waals surface area contributed by atoms with Gasteiger partial charge in [0.2, 0.25) is 0 Å². The smallest absolute Gasteiger partial charge is 0.0578 e. The van der Waals surface area contributed by atoms with Crippen LogP contribution in [0.25, 0.3) is 0 Å². The number of halogens is 1. The van der Waals surface area contributed by atoms with E-state index in [1.807, 2.05) is 0 Å². The SMILES string of the molecule is Br.C#CCN[C@H]1CCc2ccccc21. The van der Waals surface area contributed by atoms with Crippen LogP contribution in [-0.2, 0) is 6.42 Å². The maximum atomic E-state index is 5.21. The lowest BCUT2D eigenvalue weighted by atomic mass is 10.1. The third kappa shape index (κ3) is 2.17. The first-order valence-corrected chi connectivity index (χ1v) is 4.66. The van der Waals surface area contributed by atoms with Gasteiger partial charge in [0.25, 0.3) is 0 Å². The molecule has 0 aliphatic heterocycles. The Labute approximate surface area is 95.7 Å². The third-order valence-corrected chi connectivity index (χ3v) is 2.58. The number of hydrogen-bond acceptors (Lipinski definition) is 1. The molecule has 0 radical (unpaired) electrons. The lowest BCUT2D eigenvalue weighted by molar-refractivity contribution is 0.568. The zero-order valence-corrected chi connectivity index (χ0v) is 9.71. The Morgan fingerprint density at radius 2 is 2.21 bits per heavy atom. The van der Waals surface area contributed by atoms with E-state index in [0.29, 0.717) is 12.6 Å². The van der Waals surface area contributed by atoms with Crippen molar-refractivity contribution in [2.24, 2.45) is 0 Å². The van der Waals surface area contributed by atoms with Crippen molar-refractivity contribution in [3.63, 3.8) is 0 Å². The van der Waals surface area contributed by atoms with Crippen LogP contribution in [0.5, 0.6) is 0 Å². The van der Waals surface area contributed by atoms with Crippen LogP contribution >= 0.6 is 17.0 Å². The summed E-state index contributed by atoms with van der Waals surface area (Å²) in [6, 6.07) is 9.06. The highest BCUT2D eigenvalue weighted by atomic mass is 79.9. The monoisotopic (exact) mass is 251 g/mol. The van der Waals surface area contributed by atoms with Crippen molar-refractivity contribution in [2.75, 3.05) is 6.54 Å². The van der Waals surface area contributed by atoms with Crippen LogP contribution in [0.1, 0.15) is 23.6 Å². The van der Waals surface area contributed by atoms with Crippen molar-refractivity contribution >= 4 is 17.0 Å². The Hall–Kier alpha value is -0.780. The van der Waals surface area contributed by atoms with Crippen molar-refractivity contribution in [2.45, 2.75) is 18.9 Å². The maximum Gasteiger partial charge on any atom is 0.0578 e. The molecule has 0 saturated heterocycles. The summed E-state index contributed by atoms with van der Waals surface area (Å²) >= 11 is 0. The summed E-state index contributed by atoms with van der Waals surface area (Å²) in [4.78, 5) is 0. The lowest BCUT2D eigenvalue weighted by Crippen LogP contribution is -2.19. The van der Waals surface area contributed by atoms with Gasteiger partial charge < -0.3 is 0 Å². The Kier molecular flexibility index (Phi) is 4.19. The Bertz CT molecular complexity index is 340. The van der Waals surface area contributed by atoms with Gasteiger partial charge in [0.05, 0.1) is 6.54 Å². The van der Waals surface area contributed by atoms with Crippen LogP contribution in [0, 0.1) is 12.3 Å². The van der Waals surface area contributed by atoms with E-state index < -0.39 is 0 Å². The summed E-state index contributed by atoms with van der Waals surface area (Å²) < 4.78 is 0. The van der Waals surface area contributed by atoms with Crippen molar-refractivity contribution in [1.29, 1.82) is 0 Å². The Morgan fingerprint density at radius 3 is 3.00 bits per heavy atom. The molecular formula is C12H14BrN. The van der Waals surface area contributed by atoms with Gasteiger partial charge in [-0.05, 0) is 24.0 Å². The van der Waals surface area contributed by atoms with Gasteiger partial charge in [-0.3, -0.25) is 5.32 Å². The highest BCUT2D eigenvalue weighted by Crippen LogP contribution is 2.30. The molecule has 2 heteroatoms. The number of aryl methyl sites for hydroxylation is 1. The molecule has 0 unspecified atom stereocenters. The molecule has 0 saturated carbocycles. The molecule has 1 aliphatic rings. The van der Waals surface area contributed by atoms with Gasteiger partial charge >= 0.3 is 0 Å². The van der Waals surface area contributed by atoms with E-state index in [1.165, 1.54) is 24.0 Å². The molecule has 0 heterocycles. The standard InChI is InChI=1S/C12H13N.BrH/c1-2-9-13-12-8-7-10-5-3-4-6-11(10)12;/h1,3-6,12-13H,7-9H2;1H/t12-;/m0./s1. The molecule has 0 fully saturated rings. The van der Waals surface area contributed by atoms with E-state index in [4.69, 9.17) is 6.42 Å². The predicted molar refractivity (Wildman–Crippen MR) is 64.7 cm³/mol. The van der Waals surface area contributed by atoms with E-state index in [0.717, 1.165) is 0 Å². The van der Waals surface area contributed by atoms with Gasteiger partial charge in [-0.15, -0.1) is 23.4 Å². The van der Waals surface area contributed by atoms with Crippen LogP contribution < -0.4 is 5.32 Å². The Balaban J connectivity index is 0.000000980. The van der Waals surface area contributed by atoms with Gasteiger partial charge in [-0.25, -0.2) is 0 Å². The zero-order valence-electron chi connectivity index (χ0n) is 7.99. The number of benzene rings is 1. The van der Waals surface area contributed by atoms with Crippen molar-refractivity contribution in [3.8, 4) is 12.3 Å². The first kappa shape index (κ1) is 11.3. The second-order valence-electron chi connectivity index (χ2n) is 3.38.